The molecule has 0 radical (unpaired) electrons. The Morgan fingerprint density at radius 2 is 0.324 bits per heavy atom. The van der Waals surface area contributed by atoms with E-state index in [1.165, 1.54) is 0 Å². The molecule has 6 nitrogen and oxygen atoms in total. The van der Waals surface area contributed by atoms with Crippen molar-refractivity contribution in [1.29, 1.82) is 0 Å². The van der Waals surface area contributed by atoms with E-state index in [1.807, 2.05) is 24.3 Å². The molecule has 0 amide bonds. The van der Waals surface area contributed by atoms with Gasteiger partial charge in [-0.25, -0.2) is 0 Å². The lowest BCUT2D eigenvalue weighted by molar-refractivity contribution is 0.669. The Bertz CT molecular complexity index is 5480. The molecule has 0 fully saturated rings. The number of hydrogen-bond donors (Lipinski definition) is 0. The summed E-state index contributed by atoms with van der Waals surface area (Å²) in [7, 11) is 0. The summed E-state index contributed by atoms with van der Waals surface area (Å²) in [5.41, 5.74) is 27.4. The van der Waals surface area contributed by atoms with Crippen molar-refractivity contribution in [2.24, 2.45) is 0 Å². The molecule has 0 saturated carbocycles. The van der Waals surface area contributed by atoms with Crippen molar-refractivity contribution in [3.63, 3.8) is 0 Å². The number of para-hydroxylation sites is 8. The lowest BCUT2D eigenvalue weighted by Gasteiger charge is -2.27. The van der Waals surface area contributed by atoms with Crippen LogP contribution in [-0.2, 0) is 0 Å². The van der Waals surface area contributed by atoms with Crippen LogP contribution in [0.3, 0.4) is 0 Å². The zero-order valence-corrected chi connectivity index (χ0v) is 55.7. The maximum atomic E-state index is 6.53. The summed E-state index contributed by atoms with van der Waals surface area (Å²) in [4.78, 5) is 9.27. The molecule has 0 saturated heterocycles. The maximum Gasteiger partial charge on any atom is 0.143 e. The molecule has 18 aromatic rings. The summed E-state index contributed by atoms with van der Waals surface area (Å²) in [5.74, 6) is 0. The molecule has 6 heteroatoms. The Morgan fingerprint density at radius 3 is 0.559 bits per heavy atom. The van der Waals surface area contributed by atoms with Crippen molar-refractivity contribution in [2.45, 2.75) is 0 Å². The molecule has 0 N–H and O–H groups in total. The van der Waals surface area contributed by atoms with Gasteiger partial charge in [0.2, 0.25) is 0 Å². The molecule has 0 aliphatic carbocycles. The maximum absolute atomic E-state index is 6.53. The van der Waals surface area contributed by atoms with Crippen molar-refractivity contribution in [1.82, 2.24) is 0 Å². The zero-order chi connectivity index (χ0) is 67.7. The lowest BCUT2D eigenvalue weighted by atomic mass is 10.0. The number of rotatable bonds is 17. The van der Waals surface area contributed by atoms with E-state index < -0.39 is 0 Å². The van der Waals surface area contributed by atoms with Crippen molar-refractivity contribution in [3.8, 4) is 55.6 Å². The largest absolute Gasteiger partial charge is 0.455 e. The van der Waals surface area contributed by atoms with Crippen LogP contribution in [0.4, 0.5) is 68.2 Å². The fraction of sp³-hybridized carbons (Fsp3) is 0. The number of furan rings is 2. The normalized spacial score (nSPS) is 11.3. The van der Waals surface area contributed by atoms with Gasteiger partial charge in [-0.1, -0.05) is 243 Å². The van der Waals surface area contributed by atoms with E-state index in [-0.39, 0.29) is 0 Å². The number of nitrogens with zero attached hydrogens (tertiary/aromatic N) is 4. The van der Waals surface area contributed by atoms with Crippen molar-refractivity contribution < 1.29 is 8.83 Å². The number of benzene rings is 16. The minimum absolute atomic E-state index is 0.886. The lowest BCUT2D eigenvalue weighted by Crippen LogP contribution is -2.10. The highest BCUT2D eigenvalue weighted by atomic mass is 16.3. The van der Waals surface area contributed by atoms with E-state index in [2.05, 4.69) is 396 Å². The minimum atomic E-state index is 0.886. The molecule has 18 rings (SSSR count). The number of fused-ring (bicyclic) bond motifs is 6. The molecule has 102 heavy (non-hydrogen) atoms. The summed E-state index contributed by atoms with van der Waals surface area (Å²) in [5, 5.41) is 4.46. The predicted octanol–water partition coefficient (Wildman–Crippen LogP) is 27.7. The first-order chi connectivity index (χ1) is 50.6. The highest BCUT2D eigenvalue weighted by Gasteiger charge is 2.21. The molecule has 482 valence electrons. The van der Waals surface area contributed by atoms with E-state index in [4.69, 9.17) is 8.83 Å². The highest BCUT2D eigenvalue weighted by Crippen LogP contribution is 2.45. The van der Waals surface area contributed by atoms with Crippen LogP contribution in [0.1, 0.15) is 0 Å². The second-order valence-electron chi connectivity index (χ2n) is 25.6. The molecule has 0 aliphatic heterocycles. The van der Waals surface area contributed by atoms with Crippen LogP contribution in [0.5, 0.6) is 0 Å². The van der Waals surface area contributed by atoms with E-state index in [9.17, 15) is 0 Å². The van der Waals surface area contributed by atoms with Gasteiger partial charge in [0.1, 0.15) is 22.3 Å². The molecule has 0 atom stereocenters. The summed E-state index contributed by atoms with van der Waals surface area (Å²) in [6.45, 7) is 0. The topological polar surface area (TPSA) is 39.2 Å². The third-order valence-electron chi connectivity index (χ3n) is 19.5. The summed E-state index contributed by atoms with van der Waals surface area (Å²) in [6, 6.07) is 143. The molecular weight excluding hydrogens is 1240 g/mol. The third-order valence-corrected chi connectivity index (χ3v) is 19.5. The highest BCUT2D eigenvalue weighted by molar-refractivity contribution is 6.11. The van der Waals surface area contributed by atoms with Crippen LogP contribution >= 0.6 is 0 Å². The van der Waals surface area contributed by atoms with Gasteiger partial charge in [0, 0.05) is 101 Å². The molecule has 2 heterocycles. The van der Waals surface area contributed by atoms with Gasteiger partial charge in [0.05, 0.1) is 0 Å². The Balaban J connectivity index is 0.664. The number of hydrogen-bond acceptors (Lipinski definition) is 6. The van der Waals surface area contributed by atoms with E-state index in [0.717, 1.165) is 168 Å². The Hall–Kier alpha value is -13.7. The monoisotopic (exact) mass is 1310 g/mol. The average molecular weight is 1310 g/mol. The van der Waals surface area contributed by atoms with Gasteiger partial charge in [0.25, 0.3) is 0 Å². The summed E-state index contributed by atoms with van der Waals surface area (Å²) >= 11 is 0. The van der Waals surface area contributed by atoms with Crippen molar-refractivity contribution in [2.75, 3.05) is 19.6 Å². The smallest absolute Gasteiger partial charge is 0.143 e. The molecule has 2 aromatic heterocycles. The SMILES string of the molecule is c1ccc(N(c2ccccc2)c2ccc(-c3ccc(N(c4ccc(-c5ccc(N(c6ccc(-c7ccc(N(c8ccccc8)c8ccccc8)cc7)cc6)c6ccc(-c7cccc8c7oc7ccccc78)cc6)cc5)cc4)c4ccc(-c5cccc6c5oc5ccccc56)cc4)cc3)cc2)cc1. The Morgan fingerprint density at radius 1 is 0.137 bits per heavy atom. The van der Waals surface area contributed by atoms with E-state index in [0.29, 0.717) is 0 Å². The molecule has 0 bridgehead atoms. The molecule has 16 aromatic carbocycles. The predicted molar refractivity (Wildman–Crippen MR) is 427 cm³/mol. The summed E-state index contributed by atoms with van der Waals surface area (Å²) in [6.07, 6.45) is 0. The summed E-state index contributed by atoms with van der Waals surface area (Å²) < 4.78 is 13.1. The Kier molecular flexibility index (Phi) is 15.8. The molecule has 0 aliphatic rings. The van der Waals surface area contributed by atoms with Gasteiger partial charge in [-0.3, -0.25) is 0 Å². The quantitative estimate of drug-likeness (QED) is 0.0905. The minimum Gasteiger partial charge on any atom is -0.455 e. The fourth-order valence-corrected chi connectivity index (χ4v) is 14.4. The average Bonchev–Trinajstić information content (AvgIpc) is 1.56. The first kappa shape index (κ1) is 60.7. The second kappa shape index (κ2) is 26.6. The van der Waals surface area contributed by atoms with Gasteiger partial charge >= 0.3 is 0 Å². The first-order valence-corrected chi connectivity index (χ1v) is 34.6. The van der Waals surface area contributed by atoms with Gasteiger partial charge in [-0.15, -0.1) is 0 Å². The van der Waals surface area contributed by atoms with Crippen LogP contribution in [0.25, 0.3) is 99.5 Å². The van der Waals surface area contributed by atoms with E-state index >= 15 is 0 Å². The van der Waals surface area contributed by atoms with Crippen LogP contribution in [0.2, 0.25) is 0 Å². The Labute approximate surface area is 593 Å². The standard InChI is InChI=1S/C96H66N4O2/c1-5-19-75(20-6-1)97(76-21-7-2-8-22-76)79-51-35-67(36-52-79)69-39-55-81(56-40-69)99(85-63-47-73(48-64-85)87-29-17-31-91-89-27-13-15-33-93(89)101-95(87)91)83-59-43-71(44-60-83)72-45-61-84(62-46-72)100(86-65-49-74(50-66-86)88-30-18-32-92-90-28-14-16-34-94(90)102-96(88)92)82-57-41-70(42-58-82)68-37-53-80(54-38-68)98(77-23-9-3-10-24-77)78-25-11-4-12-26-78/h1-66H. The van der Waals surface area contributed by atoms with Crippen LogP contribution in [-0.4, -0.2) is 0 Å². The second-order valence-corrected chi connectivity index (χ2v) is 25.6. The van der Waals surface area contributed by atoms with Gasteiger partial charge in [0.15, 0.2) is 0 Å². The van der Waals surface area contributed by atoms with E-state index in [1.54, 1.807) is 0 Å². The van der Waals surface area contributed by atoms with Crippen molar-refractivity contribution >= 4 is 112 Å². The number of anilines is 12. The first-order valence-electron chi connectivity index (χ1n) is 34.6. The van der Waals surface area contributed by atoms with Crippen LogP contribution in [0, 0.1) is 0 Å². The molecular formula is C96H66N4O2. The molecule has 0 spiro atoms. The van der Waals surface area contributed by atoms with Crippen LogP contribution < -0.4 is 19.6 Å². The molecule has 0 unspecified atom stereocenters. The van der Waals surface area contributed by atoms with Crippen LogP contribution in [0.15, 0.2) is 409 Å². The fourth-order valence-electron chi connectivity index (χ4n) is 14.4. The van der Waals surface area contributed by atoms with Gasteiger partial charge in [-0.05, 0) is 202 Å². The van der Waals surface area contributed by atoms with Gasteiger partial charge < -0.3 is 28.4 Å². The van der Waals surface area contributed by atoms with Gasteiger partial charge in [-0.2, -0.15) is 0 Å². The third kappa shape index (κ3) is 11.6. The van der Waals surface area contributed by atoms with Crippen molar-refractivity contribution in [3.05, 3.63) is 400 Å². The zero-order valence-electron chi connectivity index (χ0n) is 55.7.